The SMILES string of the molecule is COCCN1C[C@@H](NC(=O)Nc2c(-c3ccccc3)nc3sccn23)[C@H](c2ccccc2)C1. The molecule has 2 aromatic heterocycles. The smallest absolute Gasteiger partial charge is 0.320 e. The lowest BCUT2D eigenvalue weighted by atomic mass is 9.94. The predicted octanol–water partition coefficient (Wildman–Crippen LogP) is 4.30. The van der Waals surface area contributed by atoms with Crippen molar-refractivity contribution in [3.8, 4) is 11.3 Å². The Balaban J connectivity index is 1.37. The van der Waals surface area contributed by atoms with Crippen molar-refractivity contribution < 1.29 is 9.53 Å². The number of nitrogens with one attached hydrogen (secondary N) is 2. The molecule has 33 heavy (non-hydrogen) atoms. The van der Waals surface area contributed by atoms with Gasteiger partial charge in [0.05, 0.1) is 12.6 Å². The van der Waals surface area contributed by atoms with E-state index in [4.69, 9.17) is 9.72 Å². The molecule has 5 rings (SSSR count). The standard InChI is InChI=1S/C25H27N5O2S/c1-32-14-12-29-16-20(18-8-4-2-5-9-18)21(17-29)26-24(31)28-23-22(19-10-6-3-7-11-19)27-25-30(23)13-15-33-25/h2-11,13,15,20-21H,12,14,16-17H2,1H3,(H2,26,28,31)/t20-,21+/m0/s1. The number of likely N-dealkylation sites (tertiary alicyclic amines) is 1. The zero-order valence-corrected chi connectivity index (χ0v) is 19.3. The van der Waals surface area contributed by atoms with Crippen LogP contribution in [-0.4, -0.2) is 59.7 Å². The highest BCUT2D eigenvalue weighted by atomic mass is 32.1. The van der Waals surface area contributed by atoms with Gasteiger partial charge in [-0.1, -0.05) is 60.7 Å². The van der Waals surface area contributed by atoms with Crippen LogP contribution in [0.5, 0.6) is 0 Å². The number of hydrogen-bond acceptors (Lipinski definition) is 5. The Labute approximate surface area is 197 Å². The topological polar surface area (TPSA) is 70.9 Å². The van der Waals surface area contributed by atoms with Gasteiger partial charge >= 0.3 is 6.03 Å². The van der Waals surface area contributed by atoms with Crippen LogP contribution < -0.4 is 10.6 Å². The summed E-state index contributed by atoms with van der Waals surface area (Å²) in [6.07, 6.45) is 1.93. The lowest BCUT2D eigenvalue weighted by Gasteiger charge is -2.20. The van der Waals surface area contributed by atoms with Crippen molar-refractivity contribution >= 4 is 28.1 Å². The van der Waals surface area contributed by atoms with Crippen LogP contribution in [-0.2, 0) is 4.74 Å². The van der Waals surface area contributed by atoms with E-state index in [2.05, 4.69) is 39.8 Å². The number of amides is 2. The fourth-order valence-corrected chi connectivity index (χ4v) is 5.20. The molecule has 0 unspecified atom stereocenters. The quantitative estimate of drug-likeness (QED) is 0.431. The van der Waals surface area contributed by atoms with E-state index in [0.717, 1.165) is 35.9 Å². The molecule has 1 fully saturated rings. The lowest BCUT2D eigenvalue weighted by Crippen LogP contribution is -2.42. The Morgan fingerprint density at radius 3 is 2.64 bits per heavy atom. The second kappa shape index (κ2) is 9.74. The molecule has 1 aliphatic rings. The highest BCUT2D eigenvalue weighted by molar-refractivity contribution is 7.15. The van der Waals surface area contributed by atoms with Crippen LogP contribution in [0.1, 0.15) is 11.5 Å². The molecule has 0 aliphatic carbocycles. The molecule has 2 atom stereocenters. The van der Waals surface area contributed by atoms with Crippen molar-refractivity contribution in [2.75, 3.05) is 38.7 Å². The van der Waals surface area contributed by atoms with E-state index in [1.807, 2.05) is 52.4 Å². The molecule has 0 saturated carbocycles. The summed E-state index contributed by atoms with van der Waals surface area (Å²) >= 11 is 1.54. The first-order chi connectivity index (χ1) is 16.2. The van der Waals surface area contributed by atoms with Gasteiger partial charge in [0, 0.05) is 49.8 Å². The zero-order chi connectivity index (χ0) is 22.6. The first kappa shape index (κ1) is 21.6. The predicted molar refractivity (Wildman–Crippen MR) is 132 cm³/mol. The van der Waals surface area contributed by atoms with Crippen LogP contribution in [0.2, 0.25) is 0 Å². The number of urea groups is 1. The number of ether oxygens (including phenoxy) is 1. The van der Waals surface area contributed by atoms with Gasteiger partial charge in [0.1, 0.15) is 11.5 Å². The highest BCUT2D eigenvalue weighted by Gasteiger charge is 2.34. The summed E-state index contributed by atoms with van der Waals surface area (Å²) in [6, 6.07) is 20.1. The highest BCUT2D eigenvalue weighted by Crippen LogP contribution is 2.31. The number of carbonyl (C=O) groups excluding carboxylic acids is 1. The Morgan fingerprint density at radius 2 is 1.88 bits per heavy atom. The third-order valence-electron chi connectivity index (χ3n) is 6.09. The Hall–Kier alpha value is -3.20. The van der Waals surface area contributed by atoms with Crippen LogP contribution in [0, 0.1) is 0 Å². The summed E-state index contributed by atoms with van der Waals surface area (Å²) in [5.41, 5.74) is 2.97. The molecule has 2 aromatic carbocycles. The van der Waals surface area contributed by atoms with Crippen molar-refractivity contribution in [3.05, 3.63) is 77.8 Å². The number of aromatic nitrogens is 2. The second-order valence-electron chi connectivity index (χ2n) is 8.21. The Bertz CT molecular complexity index is 1210. The van der Waals surface area contributed by atoms with Crippen molar-refractivity contribution in [1.82, 2.24) is 19.6 Å². The first-order valence-corrected chi connectivity index (χ1v) is 12.0. The van der Waals surface area contributed by atoms with E-state index in [1.54, 1.807) is 18.4 Å². The zero-order valence-electron chi connectivity index (χ0n) is 18.5. The van der Waals surface area contributed by atoms with Gasteiger partial charge in [-0.05, 0) is 5.56 Å². The number of thiazole rings is 1. The van der Waals surface area contributed by atoms with E-state index >= 15 is 0 Å². The summed E-state index contributed by atoms with van der Waals surface area (Å²) in [5.74, 6) is 0.898. The minimum absolute atomic E-state index is 0.00433. The number of hydrogen-bond donors (Lipinski definition) is 2. The lowest BCUT2D eigenvalue weighted by molar-refractivity contribution is 0.159. The third kappa shape index (κ3) is 4.64. The summed E-state index contributed by atoms with van der Waals surface area (Å²) in [7, 11) is 1.72. The van der Waals surface area contributed by atoms with Gasteiger partial charge < -0.3 is 10.1 Å². The molecule has 0 spiro atoms. The largest absolute Gasteiger partial charge is 0.383 e. The van der Waals surface area contributed by atoms with Crippen LogP contribution in [0.25, 0.3) is 16.2 Å². The summed E-state index contributed by atoms with van der Waals surface area (Å²) in [5, 5.41) is 8.29. The molecule has 2 amide bonds. The minimum atomic E-state index is -0.222. The summed E-state index contributed by atoms with van der Waals surface area (Å²) in [6.45, 7) is 3.18. The molecular weight excluding hydrogens is 434 g/mol. The average molecular weight is 462 g/mol. The molecular formula is C25H27N5O2S. The van der Waals surface area contributed by atoms with E-state index in [9.17, 15) is 4.79 Å². The van der Waals surface area contributed by atoms with E-state index in [0.29, 0.717) is 12.4 Å². The number of rotatable bonds is 7. The van der Waals surface area contributed by atoms with Gasteiger partial charge in [-0.3, -0.25) is 14.6 Å². The van der Waals surface area contributed by atoms with Gasteiger partial charge in [0.2, 0.25) is 0 Å². The average Bonchev–Trinajstić information content (AvgIpc) is 3.55. The van der Waals surface area contributed by atoms with Crippen molar-refractivity contribution in [2.45, 2.75) is 12.0 Å². The fraction of sp³-hybridized carbons (Fsp3) is 0.280. The molecule has 7 nitrogen and oxygen atoms in total. The van der Waals surface area contributed by atoms with Crippen molar-refractivity contribution in [3.63, 3.8) is 0 Å². The maximum Gasteiger partial charge on any atom is 0.320 e. The number of nitrogens with zero attached hydrogens (tertiary/aromatic N) is 3. The first-order valence-electron chi connectivity index (χ1n) is 11.1. The van der Waals surface area contributed by atoms with Gasteiger partial charge in [0.15, 0.2) is 4.96 Å². The number of fused-ring (bicyclic) bond motifs is 1. The van der Waals surface area contributed by atoms with Crippen LogP contribution in [0.15, 0.2) is 72.2 Å². The number of carbonyl (C=O) groups is 1. The van der Waals surface area contributed by atoms with Crippen molar-refractivity contribution in [2.24, 2.45) is 0 Å². The normalized spacial score (nSPS) is 18.6. The van der Waals surface area contributed by atoms with E-state index < -0.39 is 0 Å². The fourth-order valence-electron chi connectivity index (χ4n) is 4.49. The minimum Gasteiger partial charge on any atom is -0.383 e. The monoisotopic (exact) mass is 461 g/mol. The Morgan fingerprint density at radius 1 is 1.12 bits per heavy atom. The van der Waals surface area contributed by atoms with Gasteiger partial charge in [-0.15, -0.1) is 11.3 Å². The van der Waals surface area contributed by atoms with Gasteiger partial charge in [-0.2, -0.15) is 0 Å². The number of anilines is 1. The maximum absolute atomic E-state index is 13.2. The number of imidazole rings is 1. The maximum atomic E-state index is 13.2. The molecule has 1 aliphatic heterocycles. The third-order valence-corrected chi connectivity index (χ3v) is 6.85. The molecule has 0 bridgehead atoms. The molecule has 4 aromatic rings. The van der Waals surface area contributed by atoms with Crippen LogP contribution >= 0.6 is 11.3 Å². The number of methoxy groups -OCH3 is 1. The molecule has 1 saturated heterocycles. The molecule has 8 heteroatoms. The molecule has 3 heterocycles. The van der Waals surface area contributed by atoms with E-state index in [1.165, 1.54) is 5.56 Å². The molecule has 0 radical (unpaired) electrons. The van der Waals surface area contributed by atoms with Crippen LogP contribution in [0.3, 0.4) is 0 Å². The van der Waals surface area contributed by atoms with Gasteiger partial charge in [0.25, 0.3) is 0 Å². The molecule has 170 valence electrons. The van der Waals surface area contributed by atoms with Crippen LogP contribution in [0.4, 0.5) is 10.6 Å². The van der Waals surface area contributed by atoms with Crippen molar-refractivity contribution in [1.29, 1.82) is 0 Å². The van der Waals surface area contributed by atoms with E-state index in [-0.39, 0.29) is 18.0 Å². The summed E-state index contributed by atoms with van der Waals surface area (Å²) < 4.78 is 7.20. The summed E-state index contributed by atoms with van der Waals surface area (Å²) in [4.78, 5) is 21.2. The molecule has 2 N–H and O–H groups in total. The Kier molecular flexibility index (Phi) is 6.39. The number of benzene rings is 2. The second-order valence-corrected chi connectivity index (χ2v) is 9.08. The van der Waals surface area contributed by atoms with Gasteiger partial charge in [-0.25, -0.2) is 9.78 Å².